The van der Waals surface area contributed by atoms with Gasteiger partial charge in [0.15, 0.2) is 0 Å². The number of amides is 1. The molecular weight excluding hydrogens is 342 g/mol. The summed E-state index contributed by atoms with van der Waals surface area (Å²) in [6.07, 6.45) is 0. The molecule has 2 aromatic carbocycles. The predicted octanol–water partition coefficient (Wildman–Crippen LogP) is 2.85. The van der Waals surface area contributed by atoms with E-state index in [0.29, 0.717) is 19.2 Å². The summed E-state index contributed by atoms with van der Waals surface area (Å²) in [4.78, 5) is 27.3. The van der Waals surface area contributed by atoms with Gasteiger partial charge in [0.25, 0.3) is 0 Å². The van der Waals surface area contributed by atoms with Crippen LogP contribution in [0.15, 0.2) is 42.5 Å². The Balaban J connectivity index is 1.63. The summed E-state index contributed by atoms with van der Waals surface area (Å²) in [6.45, 7) is 4.33. The fourth-order valence-corrected chi connectivity index (χ4v) is 2.82. The molecule has 0 saturated carbocycles. The SMILES string of the molecule is CC(=O)N1CCN(c2ccc(OC(=O)c3ccc(F)cc3F)cc2)CC1. The summed E-state index contributed by atoms with van der Waals surface area (Å²) < 4.78 is 31.7. The fourth-order valence-electron chi connectivity index (χ4n) is 2.82. The van der Waals surface area contributed by atoms with Gasteiger partial charge in [-0.15, -0.1) is 0 Å². The molecule has 0 atom stereocenters. The van der Waals surface area contributed by atoms with Gasteiger partial charge in [0, 0.05) is 44.9 Å². The molecule has 1 heterocycles. The lowest BCUT2D eigenvalue weighted by atomic mass is 10.2. The average Bonchev–Trinajstić information content (AvgIpc) is 2.62. The number of piperazine rings is 1. The van der Waals surface area contributed by atoms with E-state index in [1.54, 1.807) is 36.1 Å². The van der Waals surface area contributed by atoms with Crippen molar-refractivity contribution >= 4 is 17.6 Å². The molecule has 2 aromatic rings. The molecule has 1 amide bonds. The van der Waals surface area contributed by atoms with Crippen molar-refractivity contribution in [1.82, 2.24) is 4.90 Å². The van der Waals surface area contributed by atoms with E-state index >= 15 is 0 Å². The predicted molar refractivity (Wildman–Crippen MR) is 92.2 cm³/mol. The van der Waals surface area contributed by atoms with Gasteiger partial charge >= 0.3 is 5.97 Å². The Hall–Kier alpha value is -2.96. The number of ether oxygens (including phenoxy) is 1. The van der Waals surface area contributed by atoms with Crippen molar-refractivity contribution in [2.45, 2.75) is 6.92 Å². The number of esters is 1. The lowest BCUT2D eigenvalue weighted by Gasteiger charge is -2.35. The number of hydrogen-bond acceptors (Lipinski definition) is 4. The van der Waals surface area contributed by atoms with Gasteiger partial charge < -0.3 is 14.5 Å². The quantitative estimate of drug-likeness (QED) is 0.624. The summed E-state index contributed by atoms with van der Waals surface area (Å²) >= 11 is 0. The van der Waals surface area contributed by atoms with Gasteiger partial charge in [0.05, 0.1) is 5.56 Å². The van der Waals surface area contributed by atoms with Crippen LogP contribution in [0.4, 0.5) is 14.5 Å². The highest BCUT2D eigenvalue weighted by molar-refractivity contribution is 5.91. The van der Waals surface area contributed by atoms with E-state index in [1.165, 1.54) is 0 Å². The van der Waals surface area contributed by atoms with Crippen molar-refractivity contribution in [3.05, 3.63) is 59.7 Å². The molecule has 0 spiro atoms. The molecule has 0 radical (unpaired) electrons. The summed E-state index contributed by atoms with van der Waals surface area (Å²) in [5.74, 6) is -2.27. The molecule has 7 heteroatoms. The van der Waals surface area contributed by atoms with Crippen LogP contribution in [-0.4, -0.2) is 43.0 Å². The number of anilines is 1. The fraction of sp³-hybridized carbons (Fsp3) is 0.263. The maximum absolute atomic E-state index is 13.6. The van der Waals surface area contributed by atoms with Crippen LogP contribution in [0, 0.1) is 11.6 Å². The van der Waals surface area contributed by atoms with E-state index in [9.17, 15) is 18.4 Å². The van der Waals surface area contributed by atoms with Gasteiger partial charge in [-0.2, -0.15) is 0 Å². The molecule has 0 aliphatic carbocycles. The van der Waals surface area contributed by atoms with Crippen molar-refractivity contribution in [3.8, 4) is 5.75 Å². The largest absolute Gasteiger partial charge is 0.423 e. The van der Waals surface area contributed by atoms with E-state index in [1.807, 2.05) is 0 Å². The lowest BCUT2D eigenvalue weighted by molar-refractivity contribution is -0.129. The minimum absolute atomic E-state index is 0.0694. The summed E-state index contributed by atoms with van der Waals surface area (Å²) in [7, 11) is 0. The highest BCUT2D eigenvalue weighted by atomic mass is 19.1. The van der Waals surface area contributed by atoms with E-state index in [-0.39, 0.29) is 17.2 Å². The number of halogens is 2. The Bertz CT molecular complexity index is 816. The van der Waals surface area contributed by atoms with Crippen LogP contribution in [0.1, 0.15) is 17.3 Å². The second-order valence-electron chi connectivity index (χ2n) is 6.00. The number of nitrogens with zero attached hydrogens (tertiary/aromatic N) is 2. The first kappa shape index (κ1) is 17.8. The first-order valence-corrected chi connectivity index (χ1v) is 8.22. The van der Waals surface area contributed by atoms with Crippen LogP contribution < -0.4 is 9.64 Å². The minimum Gasteiger partial charge on any atom is -0.423 e. The Labute approximate surface area is 149 Å². The van der Waals surface area contributed by atoms with Crippen molar-refractivity contribution in [1.29, 1.82) is 0 Å². The van der Waals surface area contributed by atoms with Crippen LogP contribution in [0.3, 0.4) is 0 Å². The average molecular weight is 360 g/mol. The number of benzene rings is 2. The summed E-state index contributed by atoms with van der Waals surface area (Å²) in [6, 6.07) is 9.53. The van der Waals surface area contributed by atoms with Crippen LogP contribution in [-0.2, 0) is 4.79 Å². The van der Waals surface area contributed by atoms with Crippen LogP contribution in [0.25, 0.3) is 0 Å². The molecule has 3 rings (SSSR count). The third kappa shape index (κ3) is 3.99. The van der Waals surface area contributed by atoms with Gasteiger partial charge in [0.2, 0.25) is 5.91 Å². The summed E-state index contributed by atoms with van der Waals surface area (Å²) in [5.41, 5.74) is 0.622. The van der Waals surface area contributed by atoms with Crippen molar-refractivity contribution in [2.75, 3.05) is 31.1 Å². The van der Waals surface area contributed by atoms with E-state index < -0.39 is 17.6 Å². The van der Waals surface area contributed by atoms with E-state index in [0.717, 1.165) is 30.9 Å². The zero-order valence-electron chi connectivity index (χ0n) is 14.2. The zero-order valence-corrected chi connectivity index (χ0v) is 14.2. The standard InChI is InChI=1S/C19H18F2N2O3/c1-13(24)22-8-10-23(11-9-22)15-3-5-16(6-4-15)26-19(25)17-7-2-14(20)12-18(17)21/h2-7,12H,8-11H2,1H3. The number of rotatable bonds is 3. The van der Waals surface area contributed by atoms with E-state index in [2.05, 4.69) is 4.90 Å². The monoisotopic (exact) mass is 360 g/mol. The molecule has 0 unspecified atom stereocenters. The smallest absolute Gasteiger partial charge is 0.346 e. The topological polar surface area (TPSA) is 49.9 Å². The van der Waals surface area contributed by atoms with Gasteiger partial charge in [-0.3, -0.25) is 4.79 Å². The normalized spacial score (nSPS) is 14.3. The highest BCUT2D eigenvalue weighted by Crippen LogP contribution is 2.22. The Morgan fingerprint density at radius 2 is 1.62 bits per heavy atom. The van der Waals surface area contributed by atoms with Gasteiger partial charge in [-0.1, -0.05) is 0 Å². The van der Waals surface area contributed by atoms with Crippen LogP contribution in [0.5, 0.6) is 5.75 Å². The Morgan fingerprint density at radius 1 is 0.962 bits per heavy atom. The van der Waals surface area contributed by atoms with Gasteiger partial charge in [-0.05, 0) is 36.4 Å². The number of carbonyl (C=O) groups excluding carboxylic acids is 2. The number of carbonyl (C=O) groups is 2. The molecule has 1 aliphatic heterocycles. The minimum atomic E-state index is -0.963. The molecule has 0 bridgehead atoms. The Morgan fingerprint density at radius 3 is 2.19 bits per heavy atom. The maximum atomic E-state index is 13.6. The van der Waals surface area contributed by atoms with E-state index in [4.69, 9.17) is 4.74 Å². The van der Waals surface area contributed by atoms with Crippen molar-refractivity contribution in [2.24, 2.45) is 0 Å². The molecule has 136 valence electrons. The second-order valence-corrected chi connectivity index (χ2v) is 6.00. The molecular formula is C19H18F2N2O3. The van der Waals surface area contributed by atoms with Gasteiger partial charge in [-0.25, -0.2) is 13.6 Å². The molecule has 1 aliphatic rings. The second kappa shape index (κ2) is 7.51. The van der Waals surface area contributed by atoms with Crippen molar-refractivity contribution < 1.29 is 23.1 Å². The third-order valence-electron chi connectivity index (χ3n) is 4.29. The molecule has 1 fully saturated rings. The van der Waals surface area contributed by atoms with Crippen LogP contribution >= 0.6 is 0 Å². The zero-order chi connectivity index (χ0) is 18.7. The molecule has 1 saturated heterocycles. The first-order valence-electron chi connectivity index (χ1n) is 8.22. The molecule has 26 heavy (non-hydrogen) atoms. The molecule has 5 nitrogen and oxygen atoms in total. The molecule has 0 aromatic heterocycles. The summed E-state index contributed by atoms with van der Waals surface area (Å²) in [5, 5.41) is 0. The Kier molecular flexibility index (Phi) is 5.16. The maximum Gasteiger partial charge on any atom is 0.346 e. The highest BCUT2D eigenvalue weighted by Gasteiger charge is 2.19. The van der Waals surface area contributed by atoms with Crippen molar-refractivity contribution in [3.63, 3.8) is 0 Å². The molecule has 0 N–H and O–H groups in total. The lowest BCUT2D eigenvalue weighted by Crippen LogP contribution is -2.48. The third-order valence-corrected chi connectivity index (χ3v) is 4.29. The van der Waals surface area contributed by atoms with Crippen LogP contribution in [0.2, 0.25) is 0 Å². The number of hydrogen-bond donors (Lipinski definition) is 0. The van der Waals surface area contributed by atoms with Gasteiger partial charge in [0.1, 0.15) is 17.4 Å². The first-order chi connectivity index (χ1) is 12.4.